The van der Waals surface area contributed by atoms with Gasteiger partial charge in [-0.05, 0) is 57.1 Å². The molecule has 0 aliphatic carbocycles. The molecule has 0 unspecified atom stereocenters. The lowest BCUT2D eigenvalue weighted by Crippen LogP contribution is -2.51. The topological polar surface area (TPSA) is 81.7 Å². The van der Waals surface area contributed by atoms with E-state index in [1.165, 1.54) is 0 Å². The molecular weight excluding hydrogens is 366 g/mol. The molecule has 6 heteroatoms. The molecule has 0 saturated carbocycles. The molecule has 0 saturated heterocycles. The molecule has 0 bridgehead atoms. The average Bonchev–Trinajstić information content (AvgIpc) is 2.70. The van der Waals surface area contributed by atoms with Crippen LogP contribution in [0.5, 0.6) is 5.75 Å². The number of allylic oxidation sites excluding steroid dienone is 1. The SMILES string of the molecule is C[C@@H](NC(=O)[C@H](Cc1ccc(O)cc1)N(C)C)C(=O)N/C=C\Cc1ccccc1. The van der Waals surface area contributed by atoms with E-state index in [4.69, 9.17) is 0 Å². The maximum atomic E-state index is 12.7. The molecule has 0 aliphatic heterocycles. The van der Waals surface area contributed by atoms with Gasteiger partial charge >= 0.3 is 0 Å². The van der Waals surface area contributed by atoms with E-state index in [0.717, 1.165) is 17.5 Å². The lowest BCUT2D eigenvalue weighted by Gasteiger charge is -2.25. The van der Waals surface area contributed by atoms with Gasteiger partial charge in [-0.2, -0.15) is 0 Å². The summed E-state index contributed by atoms with van der Waals surface area (Å²) >= 11 is 0. The number of amides is 2. The first-order chi connectivity index (χ1) is 13.9. The summed E-state index contributed by atoms with van der Waals surface area (Å²) < 4.78 is 0. The quantitative estimate of drug-likeness (QED) is 0.608. The standard InChI is InChI=1S/C23H29N3O3/c1-17(22(28)24-15-7-10-18-8-5-4-6-9-18)25-23(29)21(26(2)3)16-19-11-13-20(27)14-12-19/h4-9,11-15,17,21,27H,10,16H2,1-3H3,(H,24,28)(H,25,29)/b15-7-/t17-,21+/m1/s1. The molecule has 2 aromatic carbocycles. The minimum Gasteiger partial charge on any atom is -0.508 e. The lowest BCUT2D eigenvalue weighted by molar-refractivity contribution is -0.130. The Labute approximate surface area is 172 Å². The maximum Gasteiger partial charge on any atom is 0.246 e. The fraction of sp³-hybridized carbons (Fsp3) is 0.304. The number of hydrogen-bond acceptors (Lipinski definition) is 4. The van der Waals surface area contributed by atoms with Crippen LogP contribution in [0.4, 0.5) is 0 Å². The van der Waals surface area contributed by atoms with Crippen LogP contribution in [0.3, 0.4) is 0 Å². The summed E-state index contributed by atoms with van der Waals surface area (Å²) in [6, 6.07) is 15.6. The van der Waals surface area contributed by atoms with Crippen molar-refractivity contribution in [2.45, 2.75) is 31.8 Å². The predicted molar refractivity (Wildman–Crippen MR) is 114 cm³/mol. The third-order valence-electron chi connectivity index (χ3n) is 4.58. The van der Waals surface area contributed by atoms with E-state index in [1.807, 2.05) is 55.4 Å². The molecule has 0 spiro atoms. The summed E-state index contributed by atoms with van der Waals surface area (Å²) in [6.45, 7) is 1.66. The number of nitrogens with one attached hydrogen (secondary N) is 2. The lowest BCUT2D eigenvalue weighted by atomic mass is 10.0. The van der Waals surface area contributed by atoms with Crippen LogP contribution < -0.4 is 10.6 Å². The molecule has 154 valence electrons. The zero-order chi connectivity index (χ0) is 21.2. The molecule has 0 aliphatic rings. The van der Waals surface area contributed by atoms with Gasteiger partial charge in [0.15, 0.2) is 0 Å². The summed E-state index contributed by atoms with van der Waals surface area (Å²) in [6.07, 6.45) is 4.68. The molecular formula is C23H29N3O3. The first-order valence-electron chi connectivity index (χ1n) is 9.61. The van der Waals surface area contributed by atoms with Gasteiger partial charge in [-0.1, -0.05) is 48.5 Å². The van der Waals surface area contributed by atoms with Gasteiger partial charge in [0.05, 0.1) is 6.04 Å². The fourth-order valence-corrected chi connectivity index (χ4v) is 2.82. The van der Waals surface area contributed by atoms with Crippen molar-refractivity contribution in [3.63, 3.8) is 0 Å². The Balaban J connectivity index is 1.85. The second-order valence-electron chi connectivity index (χ2n) is 7.18. The summed E-state index contributed by atoms with van der Waals surface area (Å²) in [5.41, 5.74) is 2.08. The smallest absolute Gasteiger partial charge is 0.246 e. The summed E-state index contributed by atoms with van der Waals surface area (Å²) in [4.78, 5) is 26.8. The highest BCUT2D eigenvalue weighted by Gasteiger charge is 2.24. The Kier molecular flexibility index (Phi) is 8.43. The second-order valence-corrected chi connectivity index (χ2v) is 7.18. The van der Waals surface area contributed by atoms with E-state index in [1.54, 1.807) is 37.4 Å². The number of likely N-dealkylation sites (N-methyl/N-ethyl adjacent to an activating group) is 1. The first kappa shape index (κ1) is 22.2. The molecule has 0 radical (unpaired) electrons. The molecule has 2 atom stereocenters. The monoisotopic (exact) mass is 395 g/mol. The zero-order valence-electron chi connectivity index (χ0n) is 17.1. The number of rotatable bonds is 9. The first-order valence-corrected chi connectivity index (χ1v) is 9.61. The van der Waals surface area contributed by atoms with Crippen LogP contribution >= 0.6 is 0 Å². The minimum absolute atomic E-state index is 0.185. The summed E-state index contributed by atoms with van der Waals surface area (Å²) in [7, 11) is 3.64. The van der Waals surface area contributed by atoms with Crippen LogP contribution in [-0.4, -0.2) is 48.0 Å². The second kappa shape index (κ2) is 11.0. The molecule has 29 heavy (non-hydrogen) atoms. The molecule has 2 aromatic rings. The van der Waals surface area contributed by atoms with E-state index < -0.39 is 12.1 Å². The van der Waals surface area contributed by atoms with Crippen molar-refractivity contribution < 1.29 is 14.7 Å². The third-order valence-corrected chi connectivity index (χ3v) is 4.58. The Morgan fingerprint density at radius 1 is 1.00 bits per heavy atom. The average molecular weight is 396 g/mol. The number of phenols is 1. The molecule has 6 nitrogen and oxygen atoms in total. The number of carbonyl (C=O) groups is 2. The van der Waals surface area contributed by atoms with Crippen LogP contribution in [0.2, 0.25) is 0 Å². The van der Waals surface area contributed by atoms with Gasteiger partial charge in [-0.15, -0.1) is 0 Å². The number of benzene rings is 2. The highest BCUT2D eigenvalue weighted by molar-refractivity contribution is 5.90. The van der Waals surface area contributed by atoms with Crippen LogP contribution in [0, 0.1) is 0 Å². The van der Waals surface area contributed by atoms with Gasteiger partial charge in [-0.3, -0.25) is 14.5 Å². The Morgan fingerprint density at radius 2 is 1.66 bits per heavy atom. The third kappa shape index (κ3) is 7.43. The predicted octanol–water partition coefficient (Wildman–Crippen LogP) is 2.24. The van der Waals surface area contributed by atoms with Gasteiger partial charge in [0.2, 0.25) is 11.8 Å². The van der Waals surface area contributed by atoms with Crippen LogP contribution in [0.15, 0.2) is 66.9 Å². The molecule has 0 heterocycles. The molecule has 2 rings (SSSR count). The number of nitrogens with zero attached hydrogens (tertiary/aromatic N) is 1. The van der Waals surface area contributed by atoms with E-state index in [9.17, 15) is 14.7 Å². The van der Waals surface area contributed by atoms with E-state index in [0.29, 0.717) is 6.42 Å². The zero-order valence-corrected chi connectivity index (χ0v) is 17.1. The van der Waals surface area contributed by atoms with Crippen molar-refractivity contribution in [1.82, 2.24) is 15.5 Å². The molecule has 3 N–H and O–H groups in total. The van der Waals surface area contributed by atoms with Crippen molar-refractivity contribution in [1.29, 1.82) is 0 Å². The van der Waals surface area contributed by atoms with Crippen molar-refractivity contribution in [2.75, 3.05) is 14.1 Å². The van der Waals surface area contributed by atoms with Crippen LogP contribution in [0.1, 0.15) is 18.1 Å². The largest absolute Gasteiger partial charge is 0.508 e. The van der Waals surface area contributed by atoms with Gasteiger partial charge in [0.1, 0.15) is 11.8 Å². The normalized spacial score (nSPS) is 13.2. The van der Waals surface area contributed by atoms with Crippen molar-refractivity contribution >= 4 is 11.8 Å². The number of aromatic hydroxyl groups is 1. The number of hydrogen-bond donors (Lipinski definition) is 3. The van der Waals surface area contributed by atoms with E-state index >= 15 is 0 Å². The van der Waals surface area contributed by atoms with Gasteiger partial charge in [0, 0.05) is 6.20 Å². The fourth-order valence-electron chi connectivity index (χ4n) is 2.82. The van der Waals surface area contributed by atoms with Gasteiger partial charge in [0.25, 0.3) is 0 Å². The van der Waals surface area contributed by atoms with Crippen LogP contribution in [0.25, 0.3) is 0 Å². The van der Waals surface area contributed by atoms with Crippen molar-refractivity contribution in [3.05, 3.63) is 78.0 Å². The highest BCUT2D eigenvalue weighted by atomic mass is 16.3. The van der Waals surface area contributed by atoms with Gasteiger partial charge < -0.3 is 15.7 Å². The Morgan fingerprint density at radius 3 is 2.28 bits per heavy atom. The molecule has 0 aromatic heterocycles. The van der Waals surface area contributed by atoms with E-state index in [2.05, 4.69) is 10.6 Å². The molecule has 2 amide bonds. The molecule has 0 fully saturated rings. The Bertz CT molecular complexity index is 817. The number of carbonyl (C=O) groups excluding carboxylic acids is 2. The maximum absolute atomic E-state index is 12.7. The van der Waals surface area contributed by atoms with Crippen molar-refractivity contribution in [2.24, 2.45) is 0 Å². The minimum atomic E-state index is -0.661. The van der Waals surface area contributed by atoms with Crippen LogP contribution in [-0.2, 0) is 22.4 Å². The highest BCUT2D eigenvalue weighted by Crippen LogP contribution is 2.13. The summed E-state index contributed by atoms with van der Waals surface area (Å²) in [5.74, 6) is -0.311. The van der Waals surface area contributed by atoms with E-state index in [-0.39, 0.29) is 17.6 Å². The Hall–Kier alpha value is -3.12. The van der Waals surface area contributed by atoms with Crippen molar-refractivity contribution in [3.8, 4) is 5.75 Å². The number of phenolic OH excluding ortho intramolecular Hbond substituents is 1. The van der Waals surface area contributed by atoms with Gasteiger partial charge in [-0.25, -0.2) is 0 Å². The summed E-state index contributed by atoms with van der Waals surface area (Å²) in [5, 5.41) is 14.9.